The second kappa shape index (κ2) is 6.86. The summed E-state index contributed by atoms with van der Waals surface area (Å²) in [6, 6.07) is 27.9. The van der Waals surface area contributed by atoms with Crippen molar-refractivity contribution in [3.63, 3.8) is 0 Å². The fourth-order valence-corrected chi connectivity index (χ4v) is 3.52. The van der Waals surface area contributed by atoms with Crippen molar-refractivity contribution < 1.29 is 10.3 Å². The van der Waals surface area contributed by atoms with E-state index in [1.807, 2.05) is 84.9 Å². The number of hydrogen-bond donors (Lipinski definition) is 2. The summed E-state index contributed by atoms with van der Waals surface area (Å²) in [6.45, 7) is 1.75. The van der Waals surface area contributed by atoms with Crippen molar-refractivity contribution in [2.45, 2.75) is 18.9 Å². The third-order valence-electron chi connectivity index (χ3n) is 5.09. The van der Waals surface area contributed by atoms with Crippen LogP contribution in [-0.2, 0) is 5.60 Å². The van der Waals surface area contributed by atoms with E-state index < -0.39 is 5.60 Å². The Hall–Kier alpha value is -3.17. The van der Waals surface area contributed by atoms with Crippen LogP contribution in [0.25, 0.3) is 21.5 Å². The van der Waals surface area contributed by atoms with Gasteiger partial charge in [-0.05, 0) is 46.2 Å². The summed E-state index contributed by atoms with van der Waals surface area (Å²) in [4.78, 5) is 0. The lowest BCUT2D eigenvalue weighted by atomic mass is 9.87. The molecule has 0 radical (unpaired) electrons. The van der Waals surface area contributed by atoms with E-state index in [2.05, 4.69) is 5.16 Å². The molecule has 0 aliphatic heterocycles. The summed E-state index contributed by atoms with van der Waals surface area (Å²) >= 11 is 0. The molecule has 0 fully saturated rings. The van der Waals surface area contributed by atoms with Crippen LogP contribution in [0.3, 0.4) is 0 Å². The number of rotatable bonds is 4. The van der Waals surface area contributed by atoms with Crippen molar-refractivity contribution in [1.82, 2.24) is 0 Å². The molecule has 4 aromatic carbocycles. The smallest absolute Gasteiger partial charge is 0.0925 e. The van der Waals surface area contributed by atoms with Gasteiger partial charge in [0.05, 0.1) is 11.3 Å². The molecule has 3 heteroatoms. The molecule has 134 valence electrons. The average molecular weight is 355 g/mol. The van der Waals surface area contributed by atoms with E-state index in [4.69, 9.17) is 0 Å². The maximum absolute atomic E-state index is 11.1. The van der Waals surface area contributed by atoms with Crippen LogP contribution in [0.1, 0.15) is 24.5 Å². The predicted octanol–water partition coefficient (Wildman–Crippen LogP) is 5.47. The average Bonchev–Trinajstić information content (AvgIpc) is 2.71. The zero-order chi connectivity index (χ0) is 18.9. The van der Waals surface area contributed by atoms with Gasteiger partial charge >= 0.3 is 0 Å². The Morgan fingerprint density at radius 1 is 0.778 bits per heavy atom. The third kappa shape index (κ3) is 3.42. The first-order valence-corrected chi connectivity index (χ1v) is 8.99. The minimum absolute atomic E-state index is 0.209. The largest absolute Gasteiger partial charge is 0.411 e. The summed E-state index contributed by atoms with van der Waals surface area (Å²) < 4.78 is 0. The van der Waals surface area contributed by atoms with Crippen LogP contribution in [0, 0.1) is 0 Å². The molecule has 0 aliphatic rings. The van der Waals surface area contributed by atoms with Crippen molar-refractivity contribution in [3.05, 3.63) is 96.1 Å². The quantitative estimate of drug-likeness (QED) is 0.290. The molecule has 0 aromatic heterocycles. The van der Waals surface area contributed by atoms with Crippen LogP contribution >= 0.6 is 0 Å². The van der Waals surface area contributed by atoms with Crippen molar-refractivity contribution in [1.29, 1.82) is 0 Å². The minimum atomic E-state index is -1.16. The molecule has 0 aliphatic carbocycles. The Morgan fingerprint density at radius 2 is 1.33 bits per heavy atom. The molecule has 1 unspecified atom stereocenters. The molecular weight excluding hydrogens is 334 g/mol. The predicted molar refractivity (Wildman–Crippen MR) is 110 cm³/mol. The zero-order valence-corrected chi connectivity index (χ0v) is 15.1. The van der Waals surface area contributed by atoms with Gasteiger partial charge in [0.1, 0.15) is 0 Å². The second-order valence-electron chi connectivity index (χ2n) is 7.12. The van der Waals surface area contributed by atoms with E-state index >= 15 is 0 Å². The van der Waals surface area contributed by atoms with E-state index in [9.17, 15) is 10.3 Å². The highest BCUT2D eigenvalue weighted by molar-refractivity contribution is 6.03. The van der Waals surface area contributed by atoms with Crippen molar-refractivity contribution in [3.8, 4) is 0 Å². The van der Waals surface area contributed by atoms with Gasteiger partial charge in [0.15, 0.2) is 0 Å². The molecule has 0 saturated carbocycles. The van der Waals surface area contributed by atoms with Crippen LogP contribution in [-0.4, -0.2) is 16.0 Å². The van der Waals surface area contributed by atoms with Gasteiger partial charge in [0, 0.05) is 12.0 Å². The highest BCUT2D eigenvalue weighted by atomic mass is 16.4. The van der Waals surface area contributed by atoms with Gasteiger partial charge in [-0.2, -0.15) is 0 Å². The number of aliphatic hydroxyl groups is 1. The van der Waals surface area contributed by atoms with E-state index in [0.717, 1.165) is 32.7 Å². The number of fused-ring (bicyclic) bond motifs is 2. The van der Waals surface area contributed by atoms with Gasteiger partial charge < -0.3 is 10.3 Å². The SMILES string of the molecule is CC(O)(C/C(=N\O)c1ccc2ccccc2c1)c1ccc2ccccc2c1. The first-order chi connectivity index (χ1) is 13.1. The minimum Gasteiger partial charge on any atom is -0.411 e. The zero-order valence-electron chi connectivity index (χ0n) is 15.1. The van der Waals surface area contributed by atoms with Crippen LogP contribution < -0.4 is 0 Å². The van der Waals surface area contributed by atoms with E-state index in [1.165, 1.54) is 0 Å². The third-order valence-corrected chi connectivity index (χ3v) is 5.09. The number of benzene rings is 4. The van der Waals surface area contributed by atoms with Crippen LogP contribution in [0.4, 0.5) is 0 Å². The van der Waals surface area contributed by atoms with E-state index in [-0.39, 0.29) is 6.42 Å². The Morgan fingerprint density at radius 3 is 1.96 bits per heavy atom. The molecular formula is C24H21NO2. The lowest BCUT2D eigenvalue weighted by Crippen LogP contribution is -2.25. The molecule has 1 atom stereocenters. The van der Waals surface area contributed by atoms with Crippen LogP contribution in [0.5, 0.6) is 0 Å². The fraction of sp³-hybridized carbons (Fsp3) is 0.125. The van der Waals surface area contributed by atoms with Crippen LogP contribution in [0.2, 0.25) is 0 Å². The number of hydrogen-bond acceptors (Lipinski definition) is 3. The summed E-state index contributed by atoms with van der Waals surface area (Å²) in [7, 11) is 0. The highest BCUT2D eigenvalue weighted by Gasteiger charge is 2.27. The molecule has 4 aromatic rings. The highest BCUT2D eigenvalue weighted by Crippen LogP contribution is 2.30. The Bertz CT molecular complexity index is 1150. The van der Waals surface area contributed by atoms with E-state index in [1.54, 1.807) is 6.92 Å². The summed E-state index contributed by atoms with van der Waals surface area (Å²) in [5.41, 5.74) is 0.899. The first kappa shape index (κ1) is 17.3. The molecule has 3 nitrogen and oxygen atoms in total. The molecule has 27 heavy (non-hydrogen) atoms. The molecule has 2 N–H and O–H groups in total. The Kier molecular flexibility index (Phi) is 4.38. The lowest BCUT2D eigenvalue weighted by molar-refractivity contribution is 0.0647. The molecule has 4 rings (SSSR count). The normalized spacial score (nSPS) is 14.4. The van der Waals surface area contributed by atoms with E-state index in [0.29, 0.717) is 5.71 Å². The van der Waals surface area contributed by atoms with Gasteiger partial charge in [-0.3, -0.25) is 0 Å². The maximum Gasteiger partial charge on any atom is 0.0925 e. The van der Waals surface area contributed by atoms with Crippen molar-refractivity contribution in [2.24, 2.45) is 5.16 Å². The number of nitrogens with zero attached hydrogens (tertiary/aromatic N) is 1. The van der Waals surface area contributed by atoms with Gasteiger partial charge in [-0.15, -0.1) is 0 Å². The van der Waals surface area contributed by atoms with Crippen molar-refractivity contribution in [2.75, 3.05) is 0 Å². The molecule has 0 spiro atoms. The monoisotopic (exact) mass is 355 g/mol. The maximum atomic E-state index is 11.1. The lowest BCUT2D eigenvalue weighted by Gasteiger charge is -2.25. The first-order valence-electron chi connectivity index (χ1n) is 8.99. The van der Waals surface area contributed by atoms with Gasteiger partial charge in [-0.25, -0.2) is 0 Å². The summed E-state index contributed by atoms with van der Waals surface area (Å²) in [5, 5.41) is 28.6. The van der Waals surface area contributed by atoms with Crippen LogP contribution in [0.15, 0.2) is 90.1 Å². The molecule has 0 bridgehead atoms. The van der Waals surface area contributed by atoms with Crippen molar-refractivity contribution >= 4 is 27.3 Å². The topological polar surface area (TPSA) is 52.8 Å². The van der Waals surface area contributed by atoms with Gasteiger partial charge in [0.25, 0.3) is 0 Å². The Balaban J connectivity index is 1.67. The number of oxime groups is 1. The Labute approximate surface area is 158 Å². The molecule has 0 heterocycles. The molecule has 0 amide bonds. The fourth-order valence-electron chi connectivity index (χ4n) is 3.52. The standard InChI is InChI=1S/C24H21NO2/c1-24(26,22-13-12-18-7-3-5-9-20(18)15-22)16-23(25-27)21-11-10-17-6-2-4-8-19(17)14-21/h2-15,26-27H,16H2,1H3/b25-23+. The van der Waals surface area contributed by atoms with Gasteiger partial charge in [0.2, 0.25) is 0 Å². The second-order valence-corrected chi connectivity index (χ2v) is 7.12. The van der Waals surface area contributed by atoms with Gasteiger partial charge in [-0.1, -0.05) is 78.0 Å². The summed E-state index contributed by atoms with van der Waals surface area (Å²) in [6.07, 6.45) is 0.209. The summed E-state index contributed by atoms with van der Waals surface area (Å²) in [5.74, 6) is 0. The molecule has 0 saturated heterocycles.